The van der Waals surface area contributed by atoms with Gasteiger partial charge in [-0.2, -0.15) is 0 Å². The van der Waals surface area contributed by atoms with Crippen molar-refractivity contribution in [2.75, 3.05) is 31.7 Å². The van der Waals surface area contributed by atoms with E-state index in [1.165, 1.54) is 0 Å². The average molecular weight is 363 g/mol. The van der Waals surface area contributed by atoms with Crippen LogP contribution in [0.2, 0.25) is 0 Å². The van der Waals surface area contributed by atoms with E-state index in [4.69, 9.17) is 14.2 Å². The fourth-order valence-corrected chi connectivity index (χ4v) is 3.21. The standard InChI is InChI=1S/C21H33NO4/c1-4-14-26-21(12-10-17(3)11-13-21)20(23)22-18-6-8-19(9-7-18)25-16-15-24-5-2/h6-9,17H,4-5,10-16H2,1-3H3,(H,22,23). The quantitative estimate of drug-likeness (QED) is 0.625. The molecule has 0 unspecified atom stereocenters. The molecule has 1 saturated carbocycles. The van der Waals surface area contributed by atoms with E-state index >= 15 is 0 Å². The first kappa shape index (κ1) is 20.7. The molecule has 0 aromatic heterocycles. The maximum Gasteiger partial charge on any atom is 0.256 e. The van der Waals surface area contributed by atoms with Gasteiger partial charge in [0, 0.05) is 18.9 Å². The van der Waals surface area contributed by atoms with E-state index in [1.807, 2.05) is 31.2 Å². The molecule has 1 fully saturated rings. The molecule has 5 heteroatoms. The molecule has 0 heterocycles. The third-order valence-corrected chi connectivity index (χ3v) is 4.89. The molecular weight excluding hydrogens is 330 g/mol. The lowest BCUT2D eigenvalue weighted by molar-refractivity contribution is -0.147. The minimum absolute atomic E-state index is 0.0251. The largest absolute Gasteiger partial charge is 0.491 e. The summed E-state index contributed by atoms with van der Waals surface area (Å²) in [5, 5.41) is 3.04. The van der Waals surface area contributed by atoms with Crippen LogP contribution in [-0.4, -0.2) is 37.9 Å². The molecule has 1 aliphatic rings. The van der Waals surface area contributed by atoms with Crippen molar-refractivity contribution in [1.29, 1.82) is 0 Å². The van der Waals surface area contributed by atoms with Crippen LogP contribution in [-0.2, 0) is 14.3 Å². The predicted molar refractivity (Wildman–Crippen MR) is 104 cm³/mol. The van der Waals surface area contributed by atoms with Gasteiger partial charge in [-0.1, -0.05) is 13.8 Å². The van der Waals surface area contributed by atoms with Gasteiger partial charge in [-0.25, -0.2) is 0 Å². The second-order valence-electron chi connectivity index (χ2n) is 7.05. The molecule has 5 nitrogen and oxygen atoms in total. The Hall–Kier alpha value is -1.59. The molecule has 0 atom stereocenters. The molecule has 1 aromatic carbocycles. The van der Waals surface area contributed by atoms with Crippen LogP contribution in [0.1, 0.15) is 52.9 Å². The zero-order valence-electron chi connectivity index (χ0n) is 16.4. The van der Waals surface area contributed by atoms with E-state index < -0.39 is 5.60 Å². The molecule has 2 rings (SSSR count). The average Bonchev–Trinajstić information content (AvgIpc) is 2.66. The number of hydrogen-bond donors (Lipinski definition) is 1. The van der Waals surface area contributed by atoms with Crippen LogP contribution >= 0.6 is 0 Å². The van der Waals surface area contributed by atoms with Crippen molar-refractivity contribution >= 4 is 11.6 Å². The monoisotopic (exact) mass is 363 g/mol. The van der Waals surface area contributed by atoms with Crippen molar-refractivity contribution in [3.05, 3.63) is 24.3 Å². The van der Waals surface area contributed by atoms with Crippen LogP contribution in [0, 0.1) is 5.92 Å². The molecule has 1 aromatic rings. The van der Waals surface area contributed by atoms with Gasteiger partial charge in [0.2, 0.25) is 0 Å². The number of carbonyl (C=O) groups excluding carboxylic acids is 1. The summed E-state index contributed by atoms with van der Waals surface area (Å²) in [7, 11) is 0. The Kier molecular flexibility index (Phi) is 8.39. The Morgan fingerprint density at radius 3 is 2.42 bits per heavy atom. The molecule has 1 amide bonds. The Morgan fingerprint density at radius 1 is 1.12 bits per heavy atom. The minimum atomic E-state index is -0.685. The van der Waals surface area contributed by atoms with Gasteiger partial charge in [0.1, 0.15) is 18.0 Å². The fraction of sp³-hybridized carbons (Fsp3) is 0.667. The smallest absolute Gasteiger partial charge is 0.256 e. The molecule has 146 valence electrons. The second kappa shape index (κ2) is 10.5. The molecule has 0 radical (unpaired) electrons. The maximum atomic E-state index is 12.9. The number of carbonyl (C=O) groups is 1. The molecule has 1 N–H and O–H groups in total. The zero-order valence-corrected chi connectivity index (χ0v) is 16.4. The highest BCUT2D eigenvalue weighted by Gasteiger charge is 2.42. The Labute approximate surface area is 157 Å². The third kappa shape index (κ3) is 5.99. The van der Waals surface area contributed by atoms with Crippen molar-refractivity contribution in [1.82, 2.24) is 0 Å². The minimum Gasteiger partial charge on any atom is -0.491 e. The first-order valence-electron chi connectivity index (χ1n) is 9.85. The van der Waals surface area contributed by atoms with Crippen LogP contribution < -0.4 is 10.1 Å². The Morgan fingerprint density at radius 2 is 1.81 bits per heavy atom. The van der Waals surface area contributed by atoms with Gasteiger partial charge in [0.25, 0.3) is 5.91 Å². The lowest BCUT2D eigenvalue weighted by Crippen LogP contribution is -2.48. The van der Waals surface area contributed by atoms with Gasteiger partial charge in [-0.05, 0) is 69.2 Å². The molecule has 0 saturated heterocycles. The molecule has 0 aliphatic heterocycles. The van der Waals surface area contributed by atoms with E-state index in [9.17, 15) is 4.79 Å². The van der Waals surface area contributed by atoms with E-state index in [0.29, 0.717) is 32.3 Å². The normalized spacial score (nSPS) is 22.8. The van der Waals surface area contributed by atoms with Crippen molar-refractivity contribution in [2.45, 2.75) is 58.5 Å². The molecule has 0 spiro atoms. The summed E-state index contributed by atoms with van der Waals surface area (Å²) in [6.45, 7) is 8.68. The third-order valence-electron chi connectivity index (χ3n) is 4.89. The number of ether oxygens (including phenoxy) is 3. The highest BCUT2D eigenvalue weighted by Crippen LogP contribution is 2.36. The van der Waals surface area contributed by atoms with Gasteiger partial charge >= 0.3 is 0 Å². The highest BCUT2D eigenvalue weighted by molar-refractivity contribution is 5.97. The van der Waals surface area contributed by atoms with E-state index in [-0.39, 0.29) is 5.91 Å². The van der Waals surface area contributed by atoms with Gasteiger partial charge in [-0.3, -0.25) is 4.79 Å². The van der Waals surface area contributed by atoms with Gasteiger partial charge in [0.05, 0.1) is 6.61 Å². The molecule has 26 heavy (non-hydrogen) atoms. The predicted octanol–water partition coefficient (Wildman–Crippen LogP) is 4.42. The molecular formula is C21H33NO4. The van der Waals surface area contributed by atoms with Crippen LogP contribution in [0.25, 0.3) is 0 Å². The Balaban J connectivity index is 1.93. The maximum absolute atomic E-state index is 12.9. The van der Waals surface area contributed by atoms with Crippen molar-refractivity contribution in [2.24, 2.45) is 5.92 Å². The van der Waals surface area contributed by atoms with E-state index in [0.717, 1.165) is 43.5 Å². The number of hydrogen-bond acceptors (Lipinski definition) is 4. The van der Waals surface area contributed by atoms with Crippen LogP contribution in [0.5, 0.6) is 5.75 Å². The van der Waals surface area contributed by atoms with E-state index in [2.05, 4.69) is 19.2 Å². The van der Waals surface area contributed by atoms with Crippen molar-refractivity contribution < 1.29 is 19.0 Å². The summed E-state index contributed by atoms with van der Waals surface area (Å²) in [6, 6.07) is 7.47. The van der Waals surface area contributed by atoms with Crippen molar-refractivity contribution in [3.8, 4) is 5.75 Å². The first-order chi connectivity index (χ1) is 12.6. The van der Waals surface area contributed by atoms with E-state index in [1.54, 1.807) is 0 Å². The summed E-state index contributed by atoms with van der Waals surface area (Å²) in [6.07, 6.45) is 4.56. The first-order valence-corrected chi connectivity index (χ1v) is 9.85. The van der Waals surface area contributed by atoms with Gasteiger partial charge < -0.3 is 19.5 Å². The number of amides is 1. The molecule has 0 bridgehead atoms. The number of nitrogens with one attached hydrogen (secondary N) is 1. The van der Waals surface area contributed by atoms with Gasteiger partial charge in [0.15, 0.2) is 0 Å². The Bertz CT molecular complexity index is 530. The number of benzene rings is 1. The zero-order chi connectivity index (χ0) is 18.8. The van der Waals surface area contributed by atoms with Gasteiger partial charge in [-0.15, -0.1) is 0 Å². The number of anilines is 1. The van der Waals surface area contributed by atoms with Crippen molar-refractivity contribution in [3.63, 3.8) is 0 Å². The van der Waals surface area contributed by atoms with Crippen LogP contribution in [0.15, 0.2) is 24.3 Å². The highest BCUT2D eigenvalue weighted by atomic mass is 16.5. The summed E-state index contributed by atoms with van der Waals surface area (Å²) in [5.41, 5.74) is 0.0834. The summed E-state index contributed by atoms with van der Waals surface area (Å²) in [4.78, 5) is 12.9. The topological polar surface area (TPSA) is 56.8 Å². The SMILES string of the molecule is CCCOC1(C(=O)Nc2ccc(OCCOCC)cc2)CCC(C)CC1. The summed E-state index contributed by atoms with van der Waals surface area (Å²) < 4.78 is 16.9. The molecule has 1 aliphatic carbocycles. The lowest BCUT2D eigenvalue weighted by Gasteiger charge is -2.38. The lowest BCUT2D eigenvalue weighted by atomic mass is 9.78. The van der Waals surface area contributed by atoms with Crippen LogP contribution in [0.3, 0.4) is 0 Å². The summed E-state index contributed by atoms with van der Waals surface area (Å²) in [5.74, 6) is 1.41. The summed E-state index contributed by atoms with van der Waals surface area (Å²) >= 11 is 0. The fourth-order valence-electron chi connectivity index (χ4n) is 3.21. The van der Waals surface area contributed by atoms with Crippen LogP contribution in [0.4, 0.5) is 5.69 Å². The second-order valence-corrected chi connectivity index (χ2v) is 7.05. The number of rotatable bonds is 10.